The Hall–Kier alpha value is -1.58. The van der Waals surface area contributed by atoms with E-state index >= 15 is 0 Å². The number of hydrogen-bond acceptors (Lipinski definition) is 2. The van der Waals surface area contributed by atoms with Gasteiger partial charge in [0.2, 0.25) is 5.56 Å². The molecule has 0 spiro atoms. The highest BCUT2D eigenvalue weighted by Crippen LogP contribution is 2.47. The fraction of sp³-hybridized carbons (Fsp3) is 0.647. The van der Waals surface area contributed by atoms with Crippen LogP contribution in [0.3, 0.4) is 0 Å². The number of nitrogens with one attached hydrogen (secondary N) is 2. The highest BCUT2D eigenvalue weighted by molar-refractivity contribution is 5.95. The number of aromatic amines is 1. The van der Waals surface area contributed by atoms with Gasteiger partial charge in [0.1, 0.15) is 0 Å². The Kier molecular flexibility index (Phi) is 4.13. The number of fused-ring (bicyclic) bond motifs is 1. The summed E-state index contributed by atoms with van der Waals surface area (Å²) in [6.07, 6.45) is 7.33. The van der Waals surface area contributed by atoms with Gasteiger partial charge in [-0.1, -0.05) is 19.8 Å². The lowest BCUT2D eigenvalue weighted by molar-refractivity contribution is 0.0942. The van der Waals surface area contributed by atoms with E-state index in [2.05, 4.69) is 10.3 Å². The number of aryl methyl sites for hydroxylation is 1. The highest BCUT2D eigenvalue weighted by Gasteiger charge is 2.38. The van der Waals surface area contributed by atoms with Gasteiger partial charge in [-0.05, 0) is 49.5 Å². The van der Waals surface area contributed by atoms with Gasteiger partial charge in [-0.25, -0.2) is 0 Å². The van der Waals surface area contributed by atoms with Crippen molar-refractivity contribution < 1.29 is 4.79 Å². The molecule has 2 N–H and O–H groups in total. The molecule has 4 nitrogen and oxygen atoms in total. The zero-order valence-corrected chi connectivity index (χ0v) is 12.7. The topological polar surface area (TPSA) is 62.0 Å². The number of amides is 1. The van der Waals surface area contributed by atoms with E-state index in [1.807, 2.05) is 6.92 Å². The van der Waals surface area contributed by atoms with Crippen LogP contribution in [0.4, 0.5) is 0 Å². The van der Waals surface area contributed by atoms with Crippen molar-refractivity contribution in [2.75, 3.05) is 6.54 Å². The summed E-state index contributed by atoms with van der Waals surface area (Å²) in [7, 11) is 0. The molecule has 4 heteroatoms. The molecular formula is C17H24N2O2. The summed E-state index contributed by atoms with van der Waals surface area (Å²) < 4.78 is 0. The van der Waals surface area contributed by atoms with Crippen molar-refractivity contribution in [2.45, 2.75) is 45.4 Å². The Labute approximate surface area is 125 Å². The van der Waals surface area contributed by atoms with E-state index in [-0.39, 0.29) is 11.5 Å². The maximum Gasteiger partial charge on any atom is 0.253 e. The van der Waals surface area contributed by atoms with Crippen LogP contribution in [0.25, 0.3) is 0 Å². The minimum atomic E-state index is -0.145. The molecule has 3 rings (SSSR count). The second-order valence-electron chi connectivity index (χ2n) is 6.47. The van der Waals surface area contributed by atoms with Crippen molar-refractivity contribution >= 4 is 5.91 Å². The molecule has 0 saturated heterocycles. The van der Waals surface area contributed by atoms with E-state index in [1.54, 1.807) is 6.07 Å². The molecule has 0 bridgehead atoms. The molecule has 21 heavy (non-hydrogen) atoms. The minimum absolute atomic E-state index is 0.0513. The molecule has 0 unspecified atom stereocenters. The van der Waals surface area contributed by atoms with Crippen LogP contribution >= 0.6 is 0 Å². The summed E-state index contributed by atoms with van der Waals surface area (Å²) in [5.74, 6) is 2.33. The average molecular weight is 288 g/mol. The van der Waals surface area contributed by atoms with Crippen LogP contribution in [0, 0.1) is 17.8 Å². The number of carbonyl (C=O) groups excluding carboxylic acids is 1. The third kappa shape index (κ3) is 2.89. The number of carbonyl (C=O) groups is 1. The zero-order valence-electron chi connectivity index (χ0n) is 12.7. The first kappa shape index (κ1) is 14.4. The van der Waals surface area contributed by atoms with E-state index in [9.17, 15) is 9.59 Å². The second kappa shape index (κ2) is 6.04. The van der Waals surface area contributed by atoms with Crippen molar-refractivity contribution in [1.82, 2.24) is 10.3 Å². The lowest BCUT2D eigenvalue weighted by Crippen LogP contribution is -2.32. The minimum Gasteiger partial charge on any atom is -0.352 e. The molecule has 0 aromatic carbocycles. The molecular weight excluding hydrogens is 264 g/mol. The van der Waals surface area contributed by atoms with Gasteiger partial charge < -0.3 is 10.3 Å². The summed E-state index contributed by atoms with van der Waals surface area (Å²) >= 11 is 0. The molecule has 1 heterocycles. The molecule has 2 fully saturated rings. The quantitative estimate of drug-likeness (QED) is 0.894. The molecule has 1 aromatic rings. The van der Waals surface area contributed by atoms with E-state index in [0.29, 0.717) is 17.9 Å². The third-order valence-electron chi connectivity index (χ3n) is 5.36. The molecule has 2 saturated carbocycles. The van der Waals surface area contributed by atoms with E-state index in [4.69, 9.17) is 0 Å². The van der Waals surface area contributed by atoms with E-state index in [0.717, 1.165) is 24.1 Å². The van der Waals surface area contributed by atoms with Crippen LogP contribution in [0.15, 0.2) is 16.9 Å². The number of aromatic nitrogens is 1. The summed E-state index contributed by atoms with van der Waals surface area (Å²) in [6, 6.07) is 3.07. The van der Waals surface area contributed by atoms with Gasteiger partial charge in [0, 0.05) is 18.3 Å². The van der Waals surface area contributed by atoms with Gasteiger partial charge in [-0.3, -0.25) is 9.59 Å². The first-order valence-corrected chi connectivity index (χ1v) is 8.19. The van der Waals surface area contributed by atoms with Crippen LogP contribution in [-0.2, 0) is 6.42 Å². The molecule has 1 amide bonds. The summed E-state index contributed by atoms with van der Waals surface area (Å²) in [4.78, 5) is 26.4. The smallest absolute Gasteiger partial charge is 0.253 e. The zero-order chi connectivity index (χ0) is 14.8. The molecule has 114 valence electrons. The van der Waals surface area contributed by atoms with E-state index in [1.165, 1.54) is 38.2 Å². The summed E-state index contributed by atoms with van der Waals surface area (Å²) in [5, 5.41) is 3.09. The molecule has 2 aliphatic rings. The number of hydrogen-bond donors (Lipinski definition) is 2. The van der Waals surface area contributed by atoms with Gasteiger partial charge in [0.25, 0.3) is 5.91 Å². The SMILES string of the molecule is CCc1[nH]c(=O)ccc1C(=O)NC[C@H]1CC[C@@H]2CCC[C@@H]21. The number of pyridine rings is 1. The predicted molar refractivity (Wildman–Crippen MR) is 82.3 cm³/mol. The predicted octanol–water partition coefficient (Wildman–Crippen LogP) is 2.49. The molecule has 1 aromatic heterocycles. The monoisotopic (exact) mass is 288 g/mol. The van der Waals surface area contributed by atoms with E-state index < -0.39 is 0 Å². The normalized spacial score (nSPS) is 27.6. The number of rotatable bonds is 4. The van der Waals surface area contributed by atoms with Gasteiger partial charge in [0.05, 0.1) is 5.56 Å². The standard InChI is InChI=1S/C17H24N2O2/c1-2-15-14(8-9-16(20)19-15)17(21)18-10-12-7-6-11-4-3-5-13(11)12/h8-9,11-13H,2-7,10H2,1H3,(H,18,21)(H,19,20)/t11-,12+,13-/m0/s1. The van der Waals surface area contributed by atoms with Gasteiger partial charge in [-0.15, -0.1) is 0 Å². The molecule has 2 aliphatic carbocycles. The Morgan fingerprint density at radius 3 is 2.95 bits per heavy atom. The van der Waals surface area contributed by atoms with Crippen LogP contribution in [-0.4, -0.2) is 17.4 Å². The lowest BCUT2D eigenvalue weighted by Gasteiger charge is -2.19. The van der Waals surface area contributed by atoms with Gasteiger partial charge in [0.15, 0.2) is 0 Å². The van der Waals surface area contributed by atoms with Crippen LogP contribution in [0.5, 0.6) is 0 Å². The van der Waals surface area contributed by atoms with Gasteiger partial charge in [-0.2, -0.15) is 0 Å². The Morgan fingerprint density at radius 1 is 1.29 bits per heavy atom. The van der Waals surface area contributed by atoms with Crippen molar-refractivity contribution in [2.24, 2.45) is 17.8 Å². The molecule has 0 aliphatic heterocycles. The Morgan fingerprint density at radius 2 is 2.14 bits per heavy atom. The molecule has 0 radical (unpaired) electrons. The van der Waals surface area contributed by atoms with Crippen LogP contribution in [0.1, 0.15) is 55.1 Å². The third-order valence-corrected chi connectivity index (χ3v) is 5.36. The largest absolute Gasteiger partial charge is 0.352 e. The fourth-order valence-corrected chi connectivity index (χ4v) is 4.27. The van der Waals surface area contributed by atoms with Crippen LogP contribution in [0.2, 0.25) is 0 Å². The Bertz CT molecular complexity index is 578. The van der Waals surface area contributed by atoms with Gasteiger partial charge >= 0.3 is 0 Å². The average Bonchev–Trinajstić information content (AvgIpc) is 3.08. The first-order valence-electron chi connectivity index (χ1n) is 8.19. The maximum absolute atomic E-state index is 12.4. The highest BCUT2D eigenvalue weighted by atomic mass is 16.1. The second-order valence-corrected chi connectivity index (χ2v) is 6.47. The van der Waals surface area contributed by atoms with Crippen molar-refractivity contribution in [3.63, 3.8) is 0 Å². The first-order chi connectivity index (χ1) is 10.2. The van der Waals surface area contributed by atoms with Crippen molar-refractivity contribution in [3.8, 4) is 0 Å². The van der Waals surface area contributed by atoms with Crippen molar-refractivity contribution in [1.29, 1.82) is 0 Å². The lowest BCUT2D eigenvalue weighted by atomic mass is 9.92. The van der Waals surface area contributed by atoms with Crippen molar-refractivity contribution in [3.05, 3.63) is 33.7 Å². The summed E-state index contributed by atoms with van der Waals surface area (Å²) in [6.45, 7) is 2.73. The summed E-state index contributed by atoms with van der Waals surface area (Å²) in [5.41, 5.74) is 1.19. The Balaban J connectivity index is 1.63. The maximum atomic E-state index is 12.4. The van der Waals surface area contributed by atoms with Crippen LogP contribution < -0.4 is 10.9 Å². The molecule has 3 atom stereocenters. The number of H-pyrrole nitrogens is 1. The fourth-order valence-electron chi connectivity index (χ4n) is 4.27.